The molecule has 0 aliphatic carbocycles. The van der Waals surface area contributed by atoms with Gasteiger partial charge in [-0.05, 0) is 31.5 Å². The molecule has 0 fully saturated rings. The molecule has 0 saturated heterocycles. The first kappa shape index (κ1) is 13.1. The maximum Gasteiger partial charge on any atom is 0.248 e. The molecule has 1 aromatic heterocycles. The molecule has 2 N–H and O–H groups in total. The molecule has 0 atom stereocenters. The lowest BCUT2D eigenvalue weighted by molar-refractivity contribution is -0.119. The van der Waals surface area contributed by atoms with Crippen LogP contribution in [0.4, 0.5) is 11.6 Å². The Morgan fingerprint density at radius 3 is 2.84 bits per heavy atom. The molecular formula is C13H17N5O. The van der Waals surface area contributed by atoms with Gasteiger partial charge < -0.3 is 10.6 Å². The smallest absolute Gasteiger partial charge is 0.248 e. The number of hydrogen-bond donors (Lipinski definition) is 1. The van der Waals surface area contributed by atoms with Crippen molar-refractivity contribution < 1.29 is 4.79 Å². The number of likely N-dealkylation sites (N-methyl/N-ethyl adjacent to an activating group) is 1. The van der Waals surface area contributed by atoms with E-state index in [0.29, 0.717) is 6.54 Å². The van der Waals surface area contributed by atoms with Crippen molar-refractivity contribution in [1.29, 1.82) is 0 Å². The molecule has 0 bridgehead atoms. The number of rotatable bonds is 4. The summed E-state index contributed by atoms with van der Waals surface area (Å²) in [5.41, 5.74) is 7.43. The third-order valence-electron chi connectivity index (χ3n) is 2.78. The summed E-state index contributed by atoms with van der Waals surface area (Å²) in [6, 6.07) is 7.84. The number of nitrogens with zero attached hydrogens (tertiary/aromatic N) is 4. The van der Waals surface area contributed by atoms with Crippen molar-refractivity contribution in [2.75, 3.05) is 17.2 Å². The predicted molar refractivity (Wildman–Crippen MR) is 73.6 cm³/mol. The van der Waals surface area contributed by atoms with Gasteiger partial charge in [0.15, 0.2) is 0 Å². The predicted octanol–water partition coefficient (Wildman–Crippen LogP) is 1.22. The number of nitrogen functional groups attached to an aromatic ring is 1. The molecule has 2 rings (SSSR count). The van der Waals surface area contributed by atoms with E-state index in [0.717, 1.165) is 11.3 Å². The molecule has 6 nitrogen and oxygen atoms in total. The second-order valence-corrected chi connectivity index (χ2v) is 4.28. The van der Waals surface area contributed by atoms with Crippen molar-refractivity contribution in [3.63, 3.8) is 0 Å². The highest BCUT2D eigenvalue weighted by molar-refractivity contribution is 5.93. The third kappa shape index (κ3) is 3.09. The molecule has 1 heterocycles. The zero-order valence-corrected chi connectivity index (χ0v) is 11.1. The van der Waals surface area contributed by atoms with Gasteiger partial charge in [0.25, 0.3) is 0 Å². The van der Waals surface area contributed by atoms with Gasteiger partial charge in [0.1, 0.15) is 12.9 Å². The summed E-state index contributed by atoms with van der Waals surface area (Å²) in [5.74, 6) is 0.129. The standard InChI is InChI=1S/C13H17N5O/c1-3-18(11-6-4-5-10(2)7-11)12(19)8-17-9-15-13(14)16-17/h4-7,9H,3,8H2,1-2H3,(H2,14,16). The van der Waals surface area contributed by atoms with Crippen molar-refractivity contribution in [1.82, 2.24) is 14.8 Å². The fourth-order valence-electron chi connectivity index (χ4n) is 1.91. The van der Waals surface area contributed by atoms with E-state index < -0.39 is 0 Å². The van der Waals surface area contributed by atoms with Gasteiger partial charge in [-0.2, -0.15) is 0 Å². The van der Waals surface area contributed by atoms with Gasteiger partial charge in [-0.3, -0.25) is 4.79 Å². The summed E-state index contributed by atoms with van der Waals surface area (Å²) in [6.07, 6.45) is 1.46. The van der Waals surface area contributed by atoms with Crippen LogP contribution in [0.5, 0.6) is 0 Å². The van der Waals surface area contributed by atoms with E-state index in [4.69, 9.17) is 5.73 Å². The lowest BCUT2D eigenvalue weighted by Gasteiger charge is -2.21. The fraction of sp³-hybridized carbons (Fsp3) is 0.308. The lowest BCUT2D eigenvalue weighted by atomic mass is 10.2. The molecule has 0 aliphatic rings. The molecule has 0 saturated carbocycles. The molecule has 19 heavy (non-hydrogen) atoms. The zero-order valence-electron chi connectivity index (χ0n) is 11.1. The van der Waals surface area contributed by atoms with Crippen LogP contribution in [0.3, 0.4) is 0 Å². The Kier molecular flexibility index (Phi) is 3.79. The highest BCUT2D eigenvalue weighted by atomic mass is 16.2. The van der Waals surface area contributed by atoms with Crippen LogP contribution in [-0.4, -0.2) is 27.2 Å². The van der Waals surface area contributed by atoms with Gasteiger partial charge in [-0.25, -0.2) is 9.67 Å². The van der Waals surface area contributed by atoms with E-state index in [1.54, 1.807) is 4.90 Å². The second kappa shape index (κ2) is 5.51. The van der Waals surface area contributed by atoms with Crippen LogP contribution >= 0.6 is 0 Å². The number of aryl methyl sites for hydroxylation is 1. The minimum atomic E-state index is -0.0435. The van der Waals surface area contributed by atoms with Crippen LogP contribution < -0.4 is 10.6 Å². The first-order chi connectivity index (χ1) is 9.10. The highest BCUT2D eigenvalue weighted by Gasteiger charge is 2.15. The topological polar surface area (TPSA) is 77.0 Å². The Bertz CT molecular complexity index is 578. The first-order valence-corrected chi connectivity index (χ1v) is 6.12. The number of hydrogen-bond acceptors (Lipinski definition) is 4. The quantitative estimate of drug-likeness (QED) is 0.895. The Labute approximate surface area is 111 Å². The van der Waals surface area contributed by atoms with Crippen LogP contribution in [0.15, 0.2) is 30.6 Å². The fourth-order valence-corrected chi connectivity index (χ4v) is 1.91. The molecule has 2 aromatic rings. The van der Waals surface area contributed by atoms with Crippen LogP contribution in [0.1, 0.15) is 12.5 Å². The molecule has 0 aliphatic heterocycles. The average Bonchev–Trinajstić information content (AvgIpc) is 2.75. The number of anilines is 2. The van der Waals surface area contributed by atoms with E-state index in [1.165, 1.54) is 11.0 Å². The first-order valence-electron chi connectivity index (χ1n) is 6.12. The van der Waals surface area contributed by atoms with E-state index in [2.05, 4.69) is 10.1 Å². The summed E-state index contributed by atoms with van der Waals surface area (Å²) in [7, 11) is 0. The highest BCUT2D eigenvalue weighted by Crippen LogP contribution is 2.16. The van der Waals surface area contributed by atoms with Gasteiger partial charge in [0, 0.05) is 12.2 Å². The minimum Gasteiger partial charge on any atom is -0.367 e. The van der Waals surface area contributed by atoms with Gasteiger partial charge >= 0.3 is 0 Å². The molecule has 6 heteroatoms. The van der Waals surface area contributed by atoms with Crippen LogP contribution in [0.2, 0.25) is 0 Å². The molecule has 100 valence electrons. The lowest BCUT2D eigenvalue weighted by Crippen LogP contribution is -2.33. The largest absolute Gasteiger partial charge is 0.367 e. The number of benzene rings is 1. The second-order valence-electron chi connectivity index (χ2n) is 4.28. The minimum absolute atomic E-state index is 0.0435. The molecule has 1 aromatic carbocycles. The van der Waals surface area contributed by atoms with Gasteiger partial charge in [-0.1, -0.05) is 12.1 Å². The van der Waals surface area contributed by atoms with Crippen LogP contribution in [0, 0.1) is 6.92 Å². The van der Waals surface area contributed by atoms with Gasteiger partial charge in [0.05, 0.1) is 0 Å². The summed E-state index contributed by atoms with van der Waals surface area (Å²) in [5, 5.41) is 3.91. The number of carbonyl (C=O) groups is 1. The van der Waals surface area contributed by atoms with Crippen molar-refractivity contribution in [2.24, 2.45) is 0 Å². The molecule has 1 amide bonds. The number of nitrogens with two attached hydrogens (primary N) is 1. The summed E-state index contributed by atoms with van der Waals surface area (Å²) in [4.78, 5) is 17.8. The van der Waals surface area contributed by atoms with Gasteiger partial charge in [-0.15, -0.1) is 5.10 Å². The number of amides is 1. The van der Waals surface area contributed by atoms with Crippen LogP contribution in [-0.2, 0) is 11.3 Å². The third-order valence-corrected chi connectivity index (χ3v) is 2.78. The number of aromatic nitrogens is 3. The van der Waals surface area contributed by atoms with E-state index in [-0.39, 0.29) is 18.4 Å². The van der Waals surface area contributed by atoms with Crippen molar-refractivity contribution in [3.05, 3.63) is 36.2 Å². The molecule has 0 unspecified atom stereocenters. The normalized spacial score (nSPS) is 10.4. The SMILES string of the molecule is CCN(C(=O)Cn1cnc(N)n1)c1cccc(C)c1. The van der Waals surface area contributed by atoms with Gasteiger partial charge in [0.2, 0.25) is 11.9 Å². The average molecular weight is 259 g/mol. The Balaban J connectivity index is 2.15. The Morgan fingerprint density at radius 1 is 1.47 bits per heavy atom. The summed E-state index contributed by atoms with van der Waals surface area (Å²) < 4.78 is 1.44. The van der Waals surface area contributed by atoms with E-state index in [9.17, 15) is 4.79 Å². The summed E-state index contributed by atoms with van der Waals surface area (Å²) in [6.45, 7) is 4.67. The summed E-state index contributed by atoms with van der Waals surface area (Å²) >= 11 is 0. The van der Waals surface area contributed by atoms with Crippen molar-refractivity contribution >= 4 is 17.5 Å². The Hall–Kier alpha value is -2.37. The van der Waals surface area contributed by atoms with E-state index in [1.807, 2.05) is 38.1 Å². The molecular weight excluding hydrogens is 242 g/mol. The molecule has 0 radical (unpaired) electrons. The maximum atomic E-state index is 12.3. The van der Waals surface area contributed by atoms with Crippen molar-refractivity contribution in [2.45, 2.75) is 20.4 Å². The zero-order chi connectivity index (χ0) is 13.8. The Morgan fingerprint density at radius 2 is 2.26 bits per heavy atom. The van der Waals surface area contributed by atoms with Crippen LogP contribution in [0.25, 0.3) is 0 Å². The molecule has 0 spiro atoms. The van der Waals surface area contributed by atoms with E-state index >= 15 is 0 Å². The monoisotopic (exact) mass is 259 g/mol. The maximum absolute atomic E-state index is 12.3. The van der Waals surface area contributed by atoms with Crippen molar-refractivity contribution in [3.8, 4) is 0 Å². The number of carbonyl (C=O) groups excluding carboxylic acids is 1.